The van der Waals surface area contributed by atoms with Crippen LogP contribution in [0.3, 0.4) is 0 Å². The minimum atomic E-state index is -0.110. The van der Waals surface area contributed by atoms with E-state index in [-0.39, 0.29) is 17.6 Å². The fourth-order valence-electron chi connectivity index (χ4n) is 2.47. The third-order valence-corrected chi connectivity index (χ3v) is 4.23. The lowest BCUT2D eigenvalue weighted by Crippen LogP contribution is -2.34. The zero-order valence-corrected chi connectivity index (χ0v) is 14.5. The van der Waals surface area contributed by atoms with Gasteiger partial charge < -0.3 is 14.2 Å². The molecule has 126 valence electrons. The number of allylic oxidation sites excluding steroid dienone is 2. The second-order valence-electron chi connectivity index (χ2n) is 5.56. The highest BCUT2D eigenvalue weighted by Crippen LogP contribution is 2.20. The van der Waals surface area contributed by atoms with E-state index >= 15 is 0 Å². The second-order valence-corrected chi connectivity index (χ2v) is 6.12. The minimum absolute atomic E-state index is 0.0624. The van der Waals surface area contributed by atoms with E-state index in [0.717, 1.165) is 24.2 Å². The van der Waals surface area contributed by atoms with Crippen molar-refractivity contribution in [3.8, 4) is 5.75 Å². The van der Waals surface area contributed by atoms with Crippen LogP contribution in [0, 0.1) is 0 Å². The number of ether oxygens (including phenoxy) is 3. The van der Waals surface area contributed by atoms with Gasteiger partial charge in [0.05, 0.1) is 37.9 Å². The van der Waals surface area contributed by atoms with Crippen molar-refractivity contribution in [2.45, 2.75) is 44.0 Å². The van der Waals surface area contributed by atoms with E-state index < -0.39 is 0 Å². The molecule has 1 aliphatic heterocycles. The summed E-state index contributed by atoms with van der Waals surface area (Å²) in [6, 6.07) is 7.87. The quantitative estimate of drug-likeness (QED) is 0.565. The molecular weight excluding hydrogens is 312 g/mol. The lowest BCUT2D eigenvalue weighted by atomic mass is 10.1. The van der Waals surface area contributed by atoms with Crippen LogP contribution in [-0.4, -0.2) is 31.3 Å². The molecular formula is C19H25ClO3. The number of rotatable bonds is 6. The van der Waals surface area contributed by atoms with Crippen molar-refractivity contribution in [3.63, 3.8) is 0 Å². The molecule has 1 heterocycles. The van der Waals surface area contributed by atoms with E-state index in [1.54, 1.807) is 7.11 Å². The summed E-state index contributed by atoms with van der Waals surface area (Å²) in [5, 5.41) is -0.0739. The molecule has 0 aromatic heterocycles. The predicted octanol–water partition coefficient (Wildman–Crippen LogP) is 4.50. The monoisotopic (exact) mass is 336 g/mol. The van der Waals surface area contributed by atoms with Gasteiger partial charge in [0.1, 0.15) is 5.75 Å². The van der Waals surface area contributed by atoms with Gasteiger partial charge in [-0.25, -0.2) is 0 Å². The standard InChI is InChI=1S/C19H25ClO3/c1-3-6-17-7-4-5-8-18(20)19(23-17)14-22-13-15-9-11-16(21-2)12-10-15/h3-6,9-12,17-19H,7-8,13-14H2,1-2H3/b5-4-,6-3+/t17-,18+,19+/m0/s1. The molecule has 0 N–H and O–H groups in total. The highest BCUT2D eigenvalue weighted by Gasteiger charge is 2.23. The maximum Gasteiger partial charge on any atom is 0.118 e. The van der Waals surface area contributed by atoms with Crippen molar-refractivity contribution in [1.29, 1.82) is 0 Å². The van der Waals surface area contributed by atoms with Crippen LogP contribution in [0.5, 0.6) is 5.75 Å². The molecule has 2 rings (SSSR count). The zero-order chi connectivity index (χ0) is 16.5. The lowest BCUT2D eigenvalue weighted by molar-refractivity contribution is -0.0462. The molecule has 0 saturated heterocycles. The topological polar surface area (TPSA) is 27.7 Å². The summed E-state index contributed by atoms with van der Waals surface area (Å²) in [6.07, 6.45) is 9.98. The number of methoxy groups -OCH3 is 1. The Bertz CT molecular complexity index is 510. The molecule has 0 amide bonds. The zero-order valence-electron chi connectivity index (χ0n) is 13.8. The summed E-state index contributed by atoms with van der Waals surface area (Å²) in [5.41, 5.74) is 1.10. The van der Waals surface area contributed by atoms with E-state index in [1.807, 2.05) is 37.3 Å². The summed E-state index contributed by atoms with van der Waals surface area (Å²) >= 11 is 6.45. The molecule has 0 spiro atoms. The molecule has 1 aromatic rings. The Kier molecular flexibility index (Phi) is 7.66. The Labute approximate surface area is 143 Å². The molecule has 0 radical (unpaired) electrons. The average Bonchev–Trinajstić information content (AvgIpc) is 2.56. The van der Waals surface area contributed by atoms with Gasteiger partial charge in [-0.3, -0.25) is 0 Å². The summed E-state index contributed by atoms with van der Waals surface area (Å²) < 4.78 is 17.1. The van der Waals surface area contributed by atoms with E-state index in [1.165, 1.54) is 0 Å². The summed E-state index contributed by atoms with van der Waals surface area (Å²) in [5.74, 6) is 0.846. The number of halogens is 1. The van der Waals surface area contributed by atoms with Crippen LogP contribution in [0.1, 0.15) is 25.3 Å². The highest BCUT2D eigenvalue weighted by atomic mass is 35.5. The van der Waals surface area contributed by atoms with Crippen LogP contribution < -0.4 is 4.74 Å². The third-order valence-electron chi connectivity index (χ3n) is 3.77. The molecule has 1 aliphatic rings. The molecule has 3 atom stereocenters. The fraction of sp³-hybridized carbons (Fsp3) is 0.474. The third kappa shape index (κ3) is 6.02. The van der Waals surface area contributed by atoms with Crippen molar-refractivity contribution >= 4 is 11.6 Å². The molecule has 3 nitrogen and oxygen atoms in total. The average molecular weight is 337 g/mol. The van der Waals surface area contributed by atoms with Crippen LogP contribution in [0.4, 0.5) is 0 Å². The van der Waals surface area contributed by atoms with Crippen LogP contribution in [0.2, 0.25) is 0 Å². The van der Waals surface area contributed by atoms with Crippen molar-refractivity contribution in [3.05, 3.63) is 54.1 Å². The van der Waals surface area contributed by atoms with E-state index in [2.05, 4.69) is 18.2 Å². The molecule has 0 unspecified atom stereocenters. The molecule has 0 fully saturated rings. The van der Waals surface area contributed by atoms with E-state index in [0.29, 0.717) is 13.2 Å². The van der Waals surface area contributed by atoms with Gasteiger partial charge in [-0.2, -0.15) is 0 Å². The van der Waals surface area contributed by atoms with Gasteiger partial charge in [0.25, 0.3) is 0 Å². The van der Waals surface area contributed by atoms with Crippen LogP contribution in [0.15, 0.2) is 48.6 Å². The maximum atomic E-state index is 6.45. The van der Waals surface area contributed by atoms with Crippen LogP contribution in [0.25, 0.3) is 0 Å². The Hall–Kier alpha value is -1.29. The molecule has 0 bridgehead atoms. The second kappa shape index (κ2) is 9.76. The first kappa shape index (κ1) is 18.1. The van der Waals surface area contributed by atoms with Crippen molar-refractivity contribution in [2.24, 2.45) is 0 Å². The van der Waals surface area contributed by atoms with E-state index in [9.17, 15) is 0 Å². The maximum absolute atomic E-state index is 6.45. The van der Waals surface area contributed by atoms with Crippen molar-refractivity contribution in [1.82, 2.24) is 0 Å². The molecule has 0 aliphatic carbocycles. The largest absolute Gasteiger partial charge is 0.497 e. The fourth-order valence-corrected chi connectivity index (χ4v) is 2.71. The lowest BCUT2D eigenvalue weighted by Gasteiger charge is -2.27. The SMILES string of the molecule is C/C=C/[C@H]1C/C=C\C[C@@H](Cl)[C@@H](COCc2ccc(OC)cc2)O1. The van der Waals surface area contributed by atoms with Gasteiger partial charge in [-0.1, -0.05) is 36.4 Å². The van der Waals surface area contributed by atoms with Gasteiger partial charge in [0.15, 0.2) is 0 Å². The Morgan fingerprint density at radius 3 is 2.65 bits per heavy atom. The summed E-state index contributed by atoms with van der Waals surface area (Å²) in [7, 11) is 1.66. The molecule has 23 heavy (non-hydrogen) atoms. The minimum Gasteiger partial charge on any atom is -0.497 e. The molecule has 0 saturated carbocycles. The van der Waals surface area contributed by atoms with Gasteiger partial charge >= 0.3 is 0 Å². The number of alkyl halides is 1. The summed E-state index contributed by atoms with van der Waals surface area (Å²) in [6.45, 7) is 3.03. The van der Waals surface area contributed by atoms with Gasteiger partial charge in [-0.05, 0) is 37.5 Å². The first-order chi connectivity index (χ1) is 11.2. The van der Waals surface area contributed by atoms with Gasteiger partial charge in [-0.15, -0.1) is 11.6 Å². The Morgan fingerprint density at radius 2 is 1.96 bits per heavy atom. The van der Waals surface area contributed by atoms with Gasteiger partial charge in [0, 0.05) is 0 Å². The van der Waals surface area contributed by atoms with Gasteiger partial charge in [0.2, 0.25) is 0 Å². The highest BCUT2D eigenvalue weighted by molar-refractivity contribution is 6.21. The van der Waals surface area contributed by atoms with Crippen LogP contribution >= 0.6 is 11.6 Å². The molecule has 1 aromatic carbocycles. The van der Waals surface area contributed by atoms with E-state index in [4.69, 9.17) is 25.8 Å². The first-order valence-corrected chi connectivity index (χ1v) is 8.44. The summed E-state index contributed by atoms with van der Waals surface area (Å²) in [4.78, 5) is 0. The smallest absolute Gasteiger partial charge is 0.118 e. The number of hydrogen-bond acceptors (Lipinski definition) is 3. The van der Waals surface area contributed by atoms with Crippen molar-refractivity contribution < 1.29 is 14.2 Å². The van der Waals surface area contributed by atoms with Crippen LogP contribution in [-0.2, 0) is 16.1 Å². The predicted molar refractivity (Wildman–Crippen MR) is 94.1 cm³/mol. The Morgan fingerprint density at radius 1 is 1.22 bits per heavy atom. The van der Waals surface area contributed by atoms with Crippen molar-refractivity contribution in [2.75, 3.05) is 13.7 Å². The first-order valence-electron chi connectivity index (χ1n) is 8.01. The normalized spacial score (nSPS) is 26.7. The number of benzene rings is 1. The molecule has 4 heteroatoms. The number of hydrogen-bond donors (Lipinski definition) is 0. The Balaban J connectivity index is 1.86.